The maximum absolute atomic E-state index is 12.1. The van der Waals surface area contributed by atoms with Gasteiger partial charge in [-0.25, -0.2) is 9.97 Å². The Morgan fingerprint density at radius 3 is 2.91 bits per heavy atom. The molecule has 2 aromatic rings. The first kappa shape index (κ1) is 15.4. The van der Waals surface area contributed by atoms with Gasteiger partial charge in [0.1, 0.15) is 5.69 Å². The molecular weight excluding hydrogens is 296 g/mol. The Hall–Kier alpha value is -2.48. The summed E-state index contributed by atoms with van der Waals surface area (Å²) < 4.78 is 1.57. The Kier molecular flexibility index (Phi) is 4.24. The van der Waals surface area contributed by atoms with Crippen LogP contribution < -0.4 is 10.2 Å². The molecule has 0 saturated carbocycles. The van der Waals surface area contributed by atoms with Crippen LogP contribution in [0.3, 0.4) is 0 Å². The number of aromatic nitrogens is 4. The van der Waals surface area contributed by atoms with Gasteiger partial charge in [0, 0.05) is 38.7 Å². The third-order valence-electron chi connectivity index (χ3n) is 3.91. The summed E-state index contributed by atoms with van der Waals surface area (Å²) in [5.41, 5.74) is -0.655. The molecule has 1 amide bonds. The molecule has 3 heterocycles. The molecule has 122 valence electrons. The van der Waals surface area contributed by atoms with Crippen LogP contribution in [-0.4, -0.2) is 56.0 Å². The van der Waals surface area contributed by atoms with E-state index >= 15 is 0 Å². The number of nitrogens with zero attached hydrogens (tertiary/aromatic N) is 5. The van der Waals surface area contributed by atoms with Crippen LogP contribution in [0.2, 0.25) is 0 Å². The van der Waals surface area contributed by atoms with Gasteiger partial charge in [0.2, 0.25) is 5.95 Å². The number of β-amino-alcohol motifs (C(OH)–C–C–N with tert-alkyl or cyclic N) is 1. The molecule has 1 saturated heterocycles. The van der Waals surface area contributed by atoms with E-state index in [-0.39, 0.29) is 12.5 Å². The number of carbonyl (C=O) groups excluding carboxylic acids is 1. The van der Waals surface area contributed by atoms with Gasteiger partial charge in [0.15, 0.2) is 0 Å². The highest BCUT2D eigenvalue weighted by Crippen LogP contribution is 2.23. The number of piperidine rings is 1. The zero-order valence-corrected chi connectivity index (χ0v) is 13.0. The second-order valence-electron chi connectivity index (χ2n) is 5.86. The quantitative estimate of drug-likeness (QED) is 0.822. The van der Waals surface area contributed by atoms with Gasteiger partial charge in [0.25, 0.3) is 5.91 Å². The first-order valence-electron chi connectivity index (χ1n) is 7.58. The van der Waals surface area contributed by atoms with Crippen LogP contribution in [0.4, 0.5) is 5.95 Å². The minimum atomic E-state index is -0.998. The van der Waals surface area contributed by atoms with E-state index in [1.54, 1.807) is 42.5 Å². The van der Waals surface area contributed by atoms with E-state index in [0.29, 0.717) is 24.6 Å². The van der Waals surface area contributed by atoms with Gasteiger partial charge < -0.3 is 15.3 Å². The van der Waals surface area contributed by atoms with E-state index in [9.17, 15) is 9.90 Å². The number of anilines is 1. The molecule has 0 radical (unpaired) electrons. The van der Waals surface area contributed by atoms with Crippen molar-refractivity contribution in [3.05, 3.63) is 36.4 Å². The lowest BCUT2D eigenvalue weighted by Crippen LogP contribution is -2.54. The van der Waals surface area contributed by atoms with Crippen molar-refractivity contribution in [3.8, 4) is 0 Å². The smallest absolute Gasteiger partial charge is 0.271 e. The van der Waals surface area contributed by atoms with E-state index in [2.05, 4.69) is 20.4 Å². The van der Waals surface area contributed by atoms with Gasteiger partial charge in [-0.05, 0) is 25.0 Å². The molecule has 1 fully saturated rings. The molecule has 8 nitrogen and oxygen atoms in total. The number of nitrogens with one attached hydrogen (secondary N) is 1. The molecule has 8 heteroatoms. The van der Waals surface area contributed by atoms with Gasteiger partial charge in [-0.2, -0.15) is 5.10 Å². The summed E-state index contributed by atoms with van der Waals surface area (Å²) in [4.78, 5) is 22.4. The largest absolute Gasteiger partial charge is 0.386 e. The Morgan fingerprint density at radius 2 is 2.22 bits per heavy atom. The Labute approximate surface area is 134 Å². The van der Waals surface area contributed by atoms with Crippen LogP contribution in [0, 0.1) is 0 Å². The Morgan fingerprint density at radius 1 is 1.43 bits per heavy atom. The van der Waals surface area contributed by atoms with Crippen molar-refractivity contribution in [1.82, 2.24) is 25.1 Å². The lowest BCUT2D eigenvalue weighted by Gasteiger charge is -2.39. The van der Waals surface area contributed by atoms with Crippen LogP contribution in [0.15, 0.2) is 30.7 Å². The summed E-state index contributed by atoms with van der Waals surface area (Å²) >= 11 is 0. The van der Waals surface area contributed by atoms with Crippen LogP contribution in [0.25, 0.3) is 0 Å². The molecule has 2 aromatic heterocycles. The van der Waals surface area contributed by atoms with Gasteiger partial charge >= 0.3 is 0 Å². The zero-order valence-electron chi connectivity index (χ0n) is 13.0. The number of hydrogen-bond donors (Lipinski definition) is 2. The predicted octanol–water partition coefficient (Wildman–Crippen LogP) is -0.0286. The summed E-state index contributed by atoms with van der Waals surface area (Å²) in [6.07, 6.45) is 6.50. The molecule has 0 spiro atoms. The summed E-state index contributed by atoms with van der Waals surface area (Å²) in [7, 11) is 1.75. The lowest BCUT2D eigenvalue weighted by atomic mass is 9.93. The van der Waals surface area contributed by atoms with Crippen LogP contribution >= 0.6 is 0 Å². The van der Waals surface area contributed by atoms with Gasteiger partial charge in [-0.3, -0.25) is 9.48 Å². The second kappa shape index (κ2) is 6.33. The Balaban J connectivity index is 1.61. The van der Waals surface area contributed by atoms with Crippen LogP contribution in [0.5, 0.6) is 0 Å². The number of hydrogen-bond acceptors (Lipinski definition) is 6. The van der Waals surface area contributed by atoms with Crippen molar-refractivity contribution in [2.45, 2.75) is 18.4 Å². The van der Waals surface area contributed by atoms with Crippen LogP contribution in [0.1, 0.15) is 23.3 Å². The average molecular weight is 316 g/mol. The highest BCUT2D eigenvalue weighted by molar-refractivity contribution is 5.92. The fourth-order valence-corrected chi connectivity index (χ4v) is 2.75. The summed E-state index contributed by atoms with van der Waals surface area (Å²) in [6.45, 7) is 1.35. The SMILES string of the molecule is Cn1ccc(C(=O)NC[C@]2(O)CCCN(c3ncccn3)C2)n1. The molecular formula is C15H20N6O2. The highest BCUT2D eigenvalue weighted by atomic mass is 16.3. The van der Waals surface area contributed by atoms with Crippen molar-refractivity contribution in [2.75, 3.05) is 24.5 Å². The summed E-state index contributed by atoms with van der Waals surface area (Å²) in [6, 6.07) is 3.40. The number of amides is 1. The van der Waals surface area contributed by atoms with Crippen molar-refractivity contribution in [3.63, 3.8) is 0 Å². The first-order chi connectivity index (χ1) is 11.1. The van der Waals surface area contributed by atoms with E-state index < -0.39 is 5.60 Å². The first-order valence-corrected chi connectivity index (χ1v) is 7.58. The number of carbonyl (C=O) groups is 1. The second-order valence-corrected chi connectivity index (χ2v) is 5.86. The highest BCUT2D eigenvalue weighted by Gasteiger charge is 2.34. The van der Waals surface area contributed by atoms with E-state index in [4.69, 9.17) is 0 Å². The minimum absolute atomic E-state index is 0.172. The maximum Gasteiger partial charge on any atom is 0.271 e. The Bertz CT molecular complexity index is 674. The monoisotopic (exact) mass is 316 g/mol. The van der Waals surface area contributed by atoms with Crippen molar-refractivity contribution in [1.29, 1.82) is 0 Å². The van der Waals surface area contributed by atoms with Gasteiger partial charge in [-0.1, -0.05) is 0 Å². The molecule has 23 heavy (non-hydrogen) atoms. The van der Waals surface area contributed by atoms with E-state index in [0.717, 1.165) is 13.0 Å². The molecule has 0 aliphatic carbocycles. The van der Waals surface area contributed by atoms with Crippen LogP contribution in [-0.2, 0) is 7.05 Å². The van der Waals surface area contributed by atoms with Gasteiger partial charge in [-0.15, -0.1) is 0 Å². The maximum atomic E-state index is 12.1. The average Bonchev–Trinajstić information content (AvgIpc) is 3.00. The van der Waals surface area contributed by atoms with Crippen molar-refractivity contribution in [2.24, 2.45) is 7.05 Å². The lowest BCUT2D eigenvalue weighted by molar-refractivity contribution is 0.0251. The third kappa shape index (κ3) is 3.65. The normalized spacial score (nSPS) is 21.2. The van der Waals surface area contributed by atoms with E-state index in [1.807, 2.05) is 4.90 Å². The minimum Gasteiger partial charge on any atom is -0.386 e. The van der Waals surface area contributed by atoms with Crippen molar-refractivity contribution >= 4 is 11.9 Å². The predicted molar refractivity (Wildman–Crippen MR) is 84.0 cm³/mol. The number of aryl methyl sites for hydroxylation is 1. The number of aliphatic hydroxyl groups is 1. The molecule has 1 atom stereocenters. The molecule has 1 aliphatic rings. The standard InChI is InChI=1S/C15H20N6O2/c1-20-9-4-12(19-20)13(22)18-10-15(23)5-2-8-21(11-15)14-16-6-3-7-17-14/h3-4,6-7,9,23H,2,5,8,10-11H2,1H3,(H,18,22)/t15-/m1/s1. The van der Waals surface area contributed by atoms with Crippen molar-refractivity contribution < 1.29 is 9.90 Å². The molecule has 3 rings (SSSR count). The third-order valence-corrected chi connectivity index (χ3v) is 3.91. The zero-order chi connectivity index (χ0) is 16.3. The molecule has 0 aromatic carbocycles. The van der Waals surface area contributed by atoms with Gasteiger partial charge in [0.05, 0.1) is 12.1 Å². The summed E-state index contributed by atoms with van der Waals surface area (Å²) in [5, 5.41) is 17.6. The van der Waals surface area contributed by atoms with E-state index in [1.165, 1.54) is 0 Å². The fourth-order valence-electron chi connectivity index (χ4n) is 2.75. The topological polar surface area (TPSA) is 96.2 Å². The molecule has 0 bridgehead atoms. The molecule has 2 N–H and O–H groups in total. The molecule has 0 unspecified atom stereocenters. The number of rotatable bonds is 4. The fraction of sp³-hybridized carbons (Fsp3) is 0.467. The summed E-state index contributed by atoms with van der Waals surface area (Å²) in [5.74, 6) is 0.314. The molecule has 1 aliphatic heterocycles.